The molecule has 1 aliphatic rings. The largest absolute Gasteiger partial charge is 0.507 e. The van der Waals surface area contributed by atoms with Crippen LogP contribution in [0.4, 0.5) is 0 Å². The summed E-state index contributed by atoms with van der Waals surface area (Å²) < 4.78 is 10.7. The molecule has 1 unspecified atom stereocenters. The quantitative estimate of drug-likeness (QED) is 0.274. The molecule has 6 nitrogen and oxygen atoms in total. The number of rotatable bonds is 9. The maximum atomic E-state index is 13.0. The Morgan fingerprint density at radius 3 is 2.19 bits per heavy atom. The maximum absolute atomic E-state index is 13.0. The van der Waals surface area contributed by atoms with Crippen LogP contribution in [0.1, 0.15) is 50.3 Å². The predicted octanol–water partition coefficient (Wildman–Crippen LogP) is 4.71. The summed E-state index contributed by atoms with van der Waals surface area (Å²) in [7, 11) is 1.58. The second-order valence-electron chi connectivity index (χ2n) is 7.43. The molecule has 1 N–H and O–H groups in total. The fourth-order valence-corrected chi connectivity index (χ4v) is 3.81. The van der Waals surface area contributed by atoms with Gasteiger partial charge in [-0.3, -0.25) is 9.59 Å². The Hall–Kier alpha value is -3.28. The number of aliphatic hydroxyl groups excluding tert-OH is 1. The third kappa shape index (κ3) is 4.74. The fourth-order valence-electron chi connectivity index (χ4n) is 3.81. The topological polar surface area (TPSA) is 76.1 Å². The average Bonchev–Trinajstić information content (AvgIpc) is 3.04. The number of Topliss-reactive ketones (excluding diaryl/α,β-unsaturated/α-hetero) is 1. The number of likely N-dealkylation sites (tertiary alicyclic amines) is 1. The number of carbonyl (C=O) groups excluding carboxylic acids is 2. The van der Waals surface area contributed by atoms with Gasteiger partial charge < -0.3 is 19.5 Å². The highest BCUT2D eigenvalue weighted by Gasteiger charge is 2.45. The van der Waals surface area contributed by atoms with Gasteiger partial charge in [0.25, 0.3) is 11.7 Å². The van der Waals surface area contributed by atoms with Crippen molar-refractivity contribution in [2.24, 2.45) is 0 Å². The van der Waals surface area contributed by atoms with Gasteiger partial charge in [0.2, 0.25) is 0 Å². The van der Waals surface area contributed by atoms with Crippen molar-refractivity contribution < 1.29 is 24.2 Å². The first kappa shape index (κ1) is 22.4. The van der Waals surface area contributed by atoms with Crippen LogP contribution in [0.15, 0.2) is 54.1 Å². The van der Waals surface area contributed by atoms with Crippen molar-refractivity contribution >= 4 is 17.4 Å². The summed E-state index contributed by atoms with van der Waals surface area (Å²) in [6, 6.07) is 13.4. The highest BCUT2D eigenvalue weighted by atomic mass is 16.5. The molecule has 0 aliphatic carbocycles. The van der Waals surface area contributed by atoms with Crippen molar-refractivity contribution in [3.63, 3.8) is 0 Å². The van der Waals surface area contributed by atoms with Crippen LogP contribution in [-0.2, 0) is 9.59 Å². The smallest absolute Gasteiger partial charge is 0.295 e. The van der Waals surface area contributed by atoms with Crippen molar-refractivity contribution in [3.05, 3.63) is 65.2 Å². The van der Waals surface area contributed by atoms with Crippen molar-refractivity contribution in [1.82, 2.24) is 4.90 Å². The van der Waals surface area contributed by atoms with Crippen molar-refractivity contribution in [2.45, 2.75) is 39.2 Å². The van der Waals surface area contributed by atoms with Crippen LogP contribution in [0.5, 0.6) is 11.5 Å². The molecule has 0 spiro atoms. The zero-order chi connectivity index (χ0) is 22.4. The molecule has 1 heterocycles. The van der Waals surface area contributed by atoms with Crippen molar-refractivity contribution in [2.75, 3.05) is 20.3 Å². The molecule has 31 heavy (non-hydrogen) atoms. The van der Waals surface area contributed by atoms with E-state index in [9.17, 15) is 14.7 Å². The van der Waals surface area contributed by atoms with Gasteiger partial charge in [0.1, 0.15) is 17.3 Å². The summed E-state index contributed by atoms with van der Waals surface area (Å²) in [6.45, 7) is 4.96. The lowest BCUT2D eigenvalue weighted by Gasteiger charge is -2.25. The molecule has 1 saturated heterocycles. The molecule has 1 atom stereocenters. The van der Waals surface area contributed by atoms with Crippen LogP contribution in [0.2, 0.25) is 0 Å². The van der Waals surface area contributed by atoms with Gasteiger partial charge in [-0.25, -0.2) is 0 Å². The molecular weight excluding hydrogens is 394 g/mol. The second-order valence-corrected chi connectivity index (χ2v) is 7.43. The minimum absolute atomic E-state index is 0.107. The Labute approximate surface area is 183 Å². The highest BCUT2D eigenvalue weighted by molar-refractivity contribution is 6.46. The van der Waals surface area contributed by atoms with Crippen LogP contribution in [0.25, 0.3) is 5.76 Å². The summed E-state index contributed by atoms with van der Waals surface area (Å²) in [5, 5.41) is 11.1. The lowest BCUT2D eigenvalue weighted by molar-refractivity contribution is -0.139. The normalized spacial score (nSPS) is 17.8. The Kier molecular flexibility index (Phi) is 7.34. The highest BCUT2D eigenvalue weighted by Crippen LogP contribution is 2.40. The van der Waals surface area contributed by atoms with E-state index >= 15 is 0 Å². The summed E-state index contributed by atoms with van der Waals surface area (Å²) in [4.78, 5) is 27.4. The molecule has 0 bridgehead atoms. The van der Waals surface area contributed by atoms with Crippen LogP contribution >= 0.6 is 0 Å². The summed E-state index contributed by atoms with van der Waals surface area (Å²) in [5.74, 6) is -0.0720. The number of nitrogens with zero attached hydrogens (tertiary/aromatic N) is 1. The summed E-state index contributed by atoms with van der Waals surface area (Å²) in [5.41, 5.74) is 1.33. The predicted molar refractivity (Wildman–Crippen MR) is 119 cm³/mol. The molecule has 0 radical (unpaired) electrons. The van der Waals surface area contributed by atoms with Crippen LogP contribution < -0.4 is 9.47 Å². The van der Waals surface area contributed by atoms with Gasteiger partial charge in [0.15, 0.2) is 0 Å². The third-order valence-corrected chi connectivity index (χ3v) is 5.41. The van der Waals surface area contributed by atoms with E-state index in [0.717, 1.165) is 24.8 Å². The van der Waals surface area contributed by atoms with E-state index in [4.69, 9.17) is 9.47 Å². The molecular formula is C25H29NO5. The van der Waals surface area contributed by atoms with Gasteiger partial charge in [0.05, 0.1) is 25.3 Å². The zero-order valence-corrected chi connectivity index (χ0v) is 18.3. The minimum Gasteiger partial charge on any atom is -0.507 e. The van der Waals surface area contributed by atoms with Gasteiger partial charge >= 0.3 is 0 Å². The maximum Gasteiger partial charge on any atom is 0.295 e. The molecule has 3 rings (SSSR count). The fraction of sp³-hybridized carbons (Fsp3) is 0.360. The van der Waals surface area contributed by atoms with Gasteiger partial charge in [-0.05, 0) is 55.3 Å². The molecule has 164 valence electrons. The number of benzene rings is 2. The Morgan fingerprint density at radius 2 is 1.61 bits per heavy atom. The molecule has 0 aromatic heterocycles. The van der Waals surface area contributed by atoms with E-state index in [1.54, 1.807) is 48.4 Å². The van der Waals surface area contributed by atoms with Gasteiger partial charge in [-0.15, -0.1) is 0 Å². The molecule has 1 aliphatic heterocycles. The molecule has 6 heteroatoms. The van der Waals surface area contributed by atoms with E-state index in [1.165, 1.54) is 0 Å². The number of hydrogen-bond donors (Lipinski definition) is 1. The number of carbonyl (C=O) groups is 2. The van der Waals surface area contributed by atoms with Crippen molar-refractivity contribution in [1.29, 1.82) is 0 Å². The molecule has 0 saturated carbocycles. The van der Waals surface area contributed by atoms with E-state index < -0.39 is 17.7 Å². The lowest BCUT2D eigenvalue weighted by atomic mass is 9.95. The van der Waals surface area contributed by atoms with Gasteiger partial charge in [-0.2, -0.15) is 0 Å². The minimum atomic E-state index is -0.663. The number of ketones is 1. The average molecular weight is 424 g/mol. The number of amides is 1. The lowest BCUT2D eigenvalue weighted by Crippen LogP contribution is -2.30. The molecule has 1 fully saturated rings. The number of unbranched alkanes of at least 4 members (excludes halogenated alkanes) is 2. The second kappa shape index (κ2) is 10.2. The monoisotopic (exact) mass is 423 g/mol. The SMILES string of the molecule is CCCCCN1C(=O)C(=O)/C(=C(\O)c2ccc(OCC)cc2)C1c1ccc(OC)cc1. The number of ether oxygens (including phenoxy) is 2. The zero-order valence-electron chi connectivity index (χ0n) is 18.3. The van der Waals surface area contributed by atoms with Crippen LogP contribution in [-0.4, -0.2) is 42.0 Å². The Bertz CT molecular complexity index is 947. The van der Waals surface area contributed by atoms with Crippen LogP contribution in [0.3, 0.4) is 0 Å². The van der Waals surface area contributed by atoms with E-state index in [-0.39, 0.29) is 11.3 Å². The van der Waals surface area contributed by atoms with E-state index in [2.05, 4.69) is 6.92 Å². The first-order chi connectivity index (χ1) is 15.0. The molecule has 2 aromatic rings. The number of methoxy groups -OCH3 is 1. The van der Waals surface area contributed by atoms with Gasteiger partial charge in [-0.1, -0.05) is 31.9 Å². The first-order valence-corrected chi connectivity index (χ1v) is 10.7. The Balaban J connectivity index is 2.06. The standard InChI is InChI=1S/C25H29NO5/c1-4-6-7-16-26-22(17-8-12-19(30-3)13-9-17)21(24(28)25(26)29)23(27)18-10-14-20(15-11-18)31-5-2/h8-15,22,27H,4-7,16H2,1-3H3/b23-21-. The Morgan fingerprint density at radius 1 is 0.968 bits per heavy atom. The summed E-state index contributed by atoms with van der Waals surface area (Å²) >= 11 is 0. The van der Waals surface area contributed by atoms with E-state index in [1.807, 2.05) is 19.1 Å². The van der Waals surface area contributed by atoms with Gasteiger partial charge in [0, 0.05) is 12.1 Å². The summed E-state index contributed by atoms with van der Waals surface area (Å²) in [6.07, 6.45) is 2.75. The van der Waals surface area contributed by atoms with Crippen LogP contribution in [0, 0.1) is 0 Å². The third-order valence-electron chi connectivity index (χ3n) is 5.41. The molecule has 2 aromatic carbocycles. The number of aliphatic hydroxyl groups is 1. The molecule has 1 amide bonds. The first-order valence-electron chi connectivity index (χ1n) is 10.7. The number of hydrogen-bond acceptors (Lipinski definition) is 5. The van der Waals surface area contributed by atoms with Crippen molar-refractivity contribution in [3.8, 4) is 11.5 Å². The van der Waals surface area contributed by atoms with E-state index in [0.29, 0.717) is 30.2 Å².